The number of carbonyl (C=O) groups is 2. The monoisotopic (exact) mass is 315 g/mol. The van der Waals surface area contributed by atoms with Crippen LogP contribution >= 0.6 is 12.4 Å². The fourth-order valence-electron chi connectivity index (χ4n) is 2.30. The Labute approximate surface area is 130 Å². The lowest BCUT2D eigenvalue weighted by atomic mass is 10.2. The van der Waals surface area contributed by atoms with Gasteiger partial charge in [0.1, 0.15) is 0 Å². The van der Waals surface area contributed by atoms with Crippen molar-refractivity contribution in [2.45, 2.75) is 6.92 Å². The summed E-state index contributed by atoms with van der Waals surface area (Å²) in [6.45, 7) is 4.92. The lowest BCUT2D eigenvalue weighted by molar-refractivity contribution is -0.132. The van der Waals surface area contributed by atoms with Crippen molar-refractivity contribution in [1.29, 1.82) is 0 Å². The van der Waals surface area contributed by atoms with Crippen molar-refractivity contribution in [1.82, 2.24) is 24.9 Å². The maximum absolute atomic E-state index is 12.3. The minimum Gasteiger partial charge on any atom is -0.339 e. The number of aryl methyl sites for hydroxylation is 2. The average Bonchev–Trinajstić information content (AvgIpc) is 2.77. The van der Waals surface area contributed by atoms with Crippen LogP contribution in [0.3, 0.4) is 0 Å². The summed E-state index contributed by atoms with van der Waals surface area (Å²) in [6.07, 6.45) is 1.68. The second kappa shape index (κ2) is 7.42. The van der Waals surface area contributed by atoms with Crippen LogP contribution in [0.4, 0.5) is 0 Å². The van der Waals surface area contributed by atoms with Crippen LogP contribution in [0.5, 0.6) is 0 Å². The zero-order chi connectivity index (χ0) is 14.7. The quantitative estimate of drug-likeness (QED) is 0.828. The summed E-state index contributed by atoms with van der Waals surface area (Å²) in [5.41, 5.74) is 1.22. The van der Waals surface area contributed by atoms with Gasteiger partial charge in [-0.3, -0.25) is 14.3 Å². The number of aromatic nitrogens is 2. The summed E-state index contributed by atoms with van der Waals surface area (Å²) in [6, 6.07) is 0. The van der Waals surface area contributed by atoms with Crippen LogP contribution in [-0.2, 0) is 11.8 Å². The topological polar surface area (TPSA) is 70.5 Å². The highest BCUT2D eigenvalue weighted by atomic mass is 35.5. The third-order valence-electron chi connectivity index (χ3n) is 3.43. The van der Waals surface area contributed by atoms with E-state index in [1.54, 1.807) is 36.8 Å². The Balaban J connectivity index is 0.00000220. The molecule has 7 nitrogen and oxygen atoms in total. The molecule has 1 aliphatic heterocycles. The number of likely N-dealkylation sites (N-methyl/N-ethyl adjacent to an activating group) is 1. The molecule has 2 rings (SSSR count). The summed E-state index contributed by atoms with van der Waals surface area (Å²) in [7, 11) is 3.42. The van der Waals surface area contributed by atoms with Gasteiger partial charge in [0.2, 0.25) is 5.91 Å². The Bertz CT molecular complexity index is 511. The summed E-state index contributed by atoms with van der Waals surface area (Å²) in [5.74, 6) is -0.178. The molecule has 0 radical (unpaired) electrons. The highest BCUT2D eigenvalue weighted by Crippen LogP contribution is 2.08. The van der Waals surface area contributed by atoms with Gasteiger partial charge in [-0.2, -0.15) is 5.10 Å². The molecule has 8 heteroatoms. The molecule has 1 aromatic heterocycles. The summed E-state index contributed by atoms with van der Waals surface area (Å²) in [5, 5.41) is 7.35. The predicted octanol–water partition coefficient (Wildman–Crippen LogP) is -0.346. The van der Waals surface area contributed by atoms with E-state index in [2.05, 4.69) is 10.4 Å². The van der Waals surface area contributed by atoms with Crippen molar-refractivity contribution >= 4 is 24.2 Å². The van der Waals surface area contributed by atoms with E-state index in [1.807, 2.05) is 0 Å². The van der Waals surface area contributed by atoms with Crippen LogP contribution in [0.1, 0.15) is 16.1 Å². The number of rotatable bonds is 3. The minimum atomic E-state index is -0.168. The molecule has 1 aliphatic rings. The maximum Gasteiger partial charge on any atom is 0.257 e. The Hall–Kier alpha value is -1.60. The standard InChI is InChI=1S/C13H21N5O2.ClH/c1-10-11(8-17(3)15-10)13(20)16(2)9-12(19)18-6-4-14-5-7-18;/h8,14H,4-7,9H2,1-3H3;1H. The summed E-state index contributed by atoms with van der Waals surface area (Å²) >= 11 is 0. The van der Waals surface area contributed by atoms with Crippen LogP contribution in [0.15, 0.2) is 6.20 Å². The number of nitrogens with zero attached hydrogens (tertiary/aromatic N) is 4. The average molecular weight is 316 g/mol. The molecule has 0 unspecified atom stereocenters. The van der Waals surface area contributed by atoms with Crippen LogP contribution in [0.25, 0.3) is 0 Å². The predicted molar refractivity (Wildman–Crippen MR) is 81.6 cm³/mol. The number of hydrogen-bond acceptors (Lipinski definition) is 4. The lowest BCUT2D eigenvalue weighted by Gasteiger charge is -2.29. The van der Waals surface area contributed by atoms with E-state index < -0.39 is 0 Å². The van der Waals surface area contributed by atoms with E-state index in [9.17, 15) is 9.59 Å². The van der Waals surface area contributed by atoms with Gasteiger partial charge in [0.25, 0.3) is 5.91 Å². The fourth-order valence-corrected chi connectivity index (χ4v) is 2.30. The van der Waals surface area contributed by atoms with Gasteiger partial charge in [-0.15, -0.1) is 12.4 Å². The molecule has 118 valence electrons. The van der Waals surface area contributed by atoms with Crippen molar-refractivity contribution in [3.05, 3.63) is 17.5 Å². The van der Waals surface area contributed by atoms with E-state index in [-0.39, 0.29) is 30.8 Å². The fraction of sp³-hybridized carbons (Fsp3) is 0.615. The van der Waals surface area contributed by atoms with E-state index in [1.165, 1.54) is 4.90 Å². The first-order chi connectivity index (χ1) is 9.49. The van der Waals surface area contributed by atoms with E-state index in [0.29, 0.717) is 24.3 Å². The van der Waals surface area contributed by atoms with Crippen LogP contribution in [0.2, 0.25) is 0 Å². The zero-order valence-corrected chi connectivity index (χ0v) is 13.4. The van der Waals surface area contributed by atoms with Gasteiger partial charge in [0.15, 0.2) is 0 Å². The van der Waals surface area contributed by atoms with Crippen LogP contribution in [-0.4, -0.2) is 71.2 Å². The summed E-state index contributed by atoms with van der Waals surface area (Å²) < 4.78 is 1.61. The Morgan fingerprint density at radius 3 is 2.52 bits per heavy atom. The molecule has 1 N–H and O–H groups in total. The highest BCUT2D eigenvalue weighted by Gasteiger charge is 2.22. The molecule has 0 aliphatic carbocycles. The van der Waals surface area contributed by atoms with Crippen molar-refractivity contribution in [2.24, 2.45) is 7.05 Å². The van der Waals surface area contributed by atoms with Gasteiger partial charge in [-0.1, -0.05) is 0 Å². The molecular weight excluding hydrogens is 294 g/mol. The molecule has 2 amide bonds. The molecule has 0 bridgehead atoms. The first-order valence-corrected chi connectivity index (χ1v) is 6.73. The van der Waals surface area contributed by atoms with Crippen LogP contribution < -0.4 is 5.32 Å². The third-order valence-corrected chi connectivity index (χ3v) is 3.43. The number of nitrogens with one attached hydrogen (secondary N) is 1. The molecule has 2 heterocycles. The van der Waals surface area contributed by atoms with E-state index in [0.717, 1.165) is 13.1 Å². The van der Waals surface area contributed by atoms with Crippen LogP contribution in [0, 0.1) is 6.92 Å². The number of piperazine rings is 1. The molecule has 1 fully saturated rings. The molecule has 0 saturated carbocycles. The minimum absolute atomic E-state index is 0. The van der Waals surface area contributed by atoms with Gasteiger partial charge >= 0.3 is 0 Å². The maximum atomic E-state index is 12.3. The Kier molecular flexibility index (Phi) is 6.17. The molecule has 0 spiro atoms. The molecule has 1 saturated heterocycles. The first kappa shape index (κ1) is 17.5. The number of hydrogen-bond donors (Lipinski definition) is 1. The van der Waals surface area contributed by atoms with Gasteiger partial charge in [-0.05, 0) is 6.92 Å². The van der Waals surface area contributed by atoms with E-state index in [4.69, 9.17) is 0 Å². The SMILES string of the molecule is Cc1nn(C)cc1C(=O)N(C)CC(=O)N1CCNCC1.Cl. The largest absolute Gasteiger partial charge is 0.339 e. The Morgan fingerprint density at radius 2 is 2.00 bits per heavy atom. The van der Waals surface area contributed by atoms with E-state index >= 15 is 0 Å². The third kappa shape index (κ3) is 4.18. The number of carbonyl (C=O) groups excluding carboxylic acids is 2. The molecule has 0 atom stereocenters. The highest BCUT2D eigenvalue weighted by molar-refractivity contribution is 5.97. The molecular formula is C13H22ClN5O2. The zero-order valence-electron chi connectivity index (χ0n) is 12.6. The summed E-state index contributed by atoms with van der Waals surface area (Å²) in [4.78, 5) is 27.6. The normalized spacial score (nSPS) is 14.5. The number of halogens is 1. The van der Waals surface area contributed by atoms with Crippen molar-refractivity contribution in [3.63, 3.8) is 0 Å². The van der Waals surface area contributed by atoms with Gasteiger partial charge in [0, 0.05) is 46.5 Å². The Morgan fingerprint density at radius 1 is 1.38 bits per heavy atom. The molecule has 0 aromatic carbocycles. The van der Waals surface area contributed by atoms with Gasteiger partial charge in [-0.25, -0.2) is 0 Å². The second-order valence-corrected chi connectivity index (χ2v) is 5.09. The number of amides is 2. The first-order valence-electron chi connectivity index (χ1n) is 6.73. The second-order valence-electron chi connectivity index (χ2n) is 5.09. The van der Waals surface area contributed by atoms with Gasteiger partial charge < -0.3 is 15.1 Å². The van der Waals surface area contributed by atoms with Crippen molar-refractivity contribution < 1.29 is 9.59 Å². The van der Waals surface area contributed by atoms with Crippen molar-refractivity contribution in [2.75, 3.05) is 39.8 Å². The van der Waals surface area contributed by atoms with Crippen molar-refractivity contribution in [3.8, 4) is 0 Å². The smallest absolute Gasteiger partial charge is 0.257 e. The molecule has 21 heavy (non-hydrogen) atoms. The molecule has 1 aromatic rings. The van der Waals surface area contributed by atoms with Gasteiger partial charge in [0.05, 0.1) is 17.8 Å². The lowest BCUT2D eigenvalue weighted by Crippen LogP contribution is -2.49.